The average molecular weight is 282 g/mol. The minimum atomic E-state index is -0.509. The molecule has 104 valence electrons. The van der Waals surface area contributed by atoms with Crippen molar-refractivity contribution in [1.82, 2.24) is 4.90 Å². The predicted molar refractivity (Wildman–Crippen MR) is 76.6 cm³/mol. The van der Waals surface area contributed by atoms with Crippen LogP contribution in [0.1, 0.15) is 32.6 Å². The second-order valence-electron chi connectivity index (χ2n) is 5.08. The van der Waals surface area contributed by atoms with Gasteiger partial charge in [-0.25, -0.2) is 0 Å². The molecule has 4 heteroatoms. The molecule has 1 amide bonds. The molecule has 1 atom stereocenters. The van der Waals surface area contributed by atoms with Gasteiger partial charge in [-0.05, 0) is 31.9 Å². The Morgan fingerprint density at radius 3 is 2.63 bits per heavy atom. The van der Waals surface area contributed by atoms with Crippen LogP contribution in [0.5, 0.6) is 5.75 Å². The number of hydrogen-bond acceptors (Lipinski definition) is 2. The molecule has 0 radical (unpaired) electrons. The number of amides is 1. The molecule has 1 aliphatic rings. The molecule has 0 saturated heterocycles. The van der Waals surface area contributed by atoms with Gasteiger partial charge in [-0.1, -0.05) is 36.6 Å². The summed E-state index contributed by atoms with van der Waals surface area (Å²) >= 11 is 6.03. The summed E-state index contributed by atoms with van der Waals surface area (Å²) in [6, 6.07) is 7.59. The van der Waals surface area contributed by atoms with Crippen molar-refractivity contribution < 1.29 is 9.53 Å². The molecular weight excluding hydrogens is 262 g/mol. The third-order valence-electron chi connectivity index (χ3n) is 3.71. The maximum absolute atomic E-state index is 12.3. The number of carbonyl (C=O) groups is 1. The molecule has 1 saturated carbocycles. The van der Waals surface area contributed by atoms with Crippen LogP contribution in [-0.2, 0) is 4.79 Å². The second kappa shape index (κ2) is 6.29. The van der Waals surface area contributed by atoms with Crippen molar-refractivity contribution in [3.8, 4) is 5.75 Å². The van der Waals surface area contributed by atoms with Gasteiger partial charge < -0.3 is 9.64 Å². The minimum Gasteiger partial charge on any atom is -0.479 e. The van der Waals surface area contributed by atoms with Gasteiger partial charge in [0.1, 0.15) is 5.75 Å². The van der Waals surface area contributed by atoms with Crippen molar-refractivity contribution in [2.45, 2.75) is 44.8 Å². The number of rotatable bonds is 4. The van der Waals surface area contributed by atoms with Crippen molar-refractivity contribution in [1.29, 1.82) is 0 Å². The van der Waals surface area contributed by atoms with Gasteiger partial charge in [-0.15, -0.1) is 0 Å². The number of ether oxygens (including phenoxy) is 1. The highest BCUT2D eigenvalue weighted by molar-refractivity contribution is 6.32. The molecule has 1 aliphatic carbocycles. The van der Waals surface area contributed by atoms with Crippen molar-refractivity contribution >= 4 is 17.5 Å². The standard InChI is InChI=1S/C15H20ClNO2/c1-11(19-14-10-6-5-9-13(14)16)15(18)17(2)12-7-3-4-8-12/h5-6,9-12H,3-4,7-8H2,1-2H3/t11-/m1/s1. The zero-order valence-electron chi connectivity index (χ0n) is 11.4. The van der Waals surface area contributed by atoms with Crippen LogP contribution in [0.2, 0.25) is 5.02 Å². The number of nitrogens with zero attached hydrogens (tertiary/aromatic N) is 1. The Hall–Kier alpha value is -1.22. The average Bonchev–Trinajstić information content (AvgIpc) is 2.93. The van der Waals surface area contributed by atoms with Crippen LogP contribution < -0.4 is 4.74 Å². The van der Waals surface area contributed by atoms with Crippen molar-refractivity contribution in [2.24, 2.45) is 0 Å². The van der Waals surface area contributed by atoms with Gasteiger partial charge in [-0.2, -0.15) is 0 Å². The van der Waals surface area contributed by atoms with Gasteiger partial charge in [-0.3, -0.25) is 4.79 Å². The Balaban J connectivity index is 1.97. The number of likely N-dealkylation sites (N-methyl/N-ethyl adjacent to an activating group) is 1. The van der Waals surface area contributed by atoms with Gasteiger partial charge in [0.2, 0.25) is 0 Å². The van der Waals surface area contributed by atoms with Crippen LogP contribution >= 0.6 is 11.6 Å². The Morgan fingerprint density at radius 1 is 1.37 bits per heavy atom. The van der Waals surface area contributed by atoms with Crippen LogP contribution in [0.4, 0.5) is 0 Å². The molecular formula is C15H20ClNO2. The van der Waals surface area contributed by atoms with E-state index in [1.165, 1.54) is 12.8 Å². The SMILES string of the molecule is C[C@@H](Oc1ccccc1Cl)C(=O)N(C)C1CCCC1. The lowest BCUT2D eigenvalue weighted by molar-refractivity contribution is -0.138. The molecule has 1 fully saturated rings. The largest absolute Gasteiger partial charge is 0.479 e. The smallest absolute Gasteiger partial charge is 0.263 e. The Bertz CT molecular complexity index is 444. The fraction of sp³-hybridized carbons (Fsp3) is 0.533. The minimum absolute atomic E-state index is 0.0202. The number of hydrogen-bond donors (Lipinski definition) is 0. The van der Waals surface area contributed by atoms with E-state index < -0.39 is 6.10 Å². The van der Waals surface area contributed by atoms with E-state index >= 15 is 0 Å². The van der Waals surface area contributed by atoms with Gasteiger partial charge in [0.05, 0.1) is 5.02 Å². The Kier molecular flexibility index (Phi) is 4.70. The van der Waals surface area contributed by atoms with E-state index in [4.69, 9.17) is 16.3 Å². The third kappa shape index (κ3) is 3.41. The zero-order valence-corrected chi connectivity index (χ0v) is 12.2. The van der Waals surface area contributed by atoms with E-state index in [1.807, 2.05) is 24.1 Å². The molecule has 2 rings (SSSR count). The molecule has 0 aliphatic heterocycles. The highest BCUT2D eigenvalue weighted by Crippen LogP contribution is 2.26. The monoisotopic (exact) mass is 281 g/mol. The summed E-state index contributed by atoms with van der Waals surface area (Å²) < 4.78 is 5.66. The molecule has 0 spiro atoms. The summed E-state index contributed by atoms with van der Waals surface area (Å²) in [5.41, 5.74) is 0. The molecule has 0 unspecified atom stereocenters. The van der Waals surface area contributed by atoms with E-state index in [0.717, 1.165) is 12.8 Å². The summed E-state index contributed by atoms with van der Waals surface area (Å²) in [5.74, 6) is 0.580. The number of benzene rings is 1. The molecule has 0 aromatic heterocycles. The normalized spacial score (nSPS) is 17.2. The van der Waals surface area contributed by atoms with Gasteiger partial charge in [0.15, 0.2) is 6.10 Å². The molecule has 0 N–H and O–H groups in total. The number of halogens is 1. The van der Waals surface area contributed by atoms with Crippen molar-refractivity contribution in [3.63, 3.8) is 0 Å². The first-order chi connectivity index (χ1) is 9.09. The van der Waals surface area contributed by atoms with Crippen LogP contribution in [-0.4, -0.2) is 30.0 Å². The van der Waals surface area contributed by atoms with Crippen LogP contribution in [0.3, 0.4) is 0 Å². The molecule has 0 heterocycles. The fourth-order valence-electron chi connectivity index (χ4n) is 2.54. The second-order valence-corrected chi connectivity index (χ2v) is 5.49. The first kappa shape index (κ1) is 14.2. The first-order valence-electron chi connectivity index (χ1n) is 6.77. The first-order valence-corrected chi connectivity index (χ1v) is 7.15. The lowest BCUT2D eigenvalue weighted by Crippen LogP contribution is -2.42. The van der Waals surface area contributed by atoms with Crippen LogP contribution in [0, 0.1) is 0 Å². The highest BCUT2D eigenvalue weighted by atomic mass is 35.5. The van der Waals surface area contributed by atoms with Gasteiger partial charge in [0.25, 0.3) is 5.91 Å². The Labute approximate surface area is 119 Å². The zero-order chi connectivity index (χ0) is 13.8. The summed E-state index contributed by atoms with van der Waals surface area (Å²) in [5, 5.41) is 0.533. The van der Waals surface area contributed by atoms with E-state index in [1.54, 1.807) is 19.1 Å². The van der Waals surface area contributed by atoms with E-state index in [-0.39, 0.29) is 5.91 Å². The molecule has 3 nitrogen and oxygen atoms in total. The fourth-order valence-corrected chi connectivity index (χ4v) is 2.72. The van der Waals surface area contributed by atoms with E-state index in [2.05, 4.69) is 0 Å². The van der Waals surface area contributed by atoms with Gasteiger partial charge in [0, 0.05) is 13.1 Å². The Morgan fingerprint density at radius 2 is 2.00 bits per heavy atom. The van der Waals surface area contributed by atoms with Gasteiger partial charge >= 0.3 is 0 Å². The molecule has 1 aromatic rings. The van der Waals surface area contributed by atoms with Crippen LogP contribution in [0.25, 0.3) is 0 Å². The summed E-state index contributed by atoms with van der Waals surface area (Å²) in [6.07, 6.45) is 4.11. The quantitative estimate of drug-likeness (QED) is 0.845. The predicted octanol–water partition coefficient (Wildman–Crippen LogP) is 3.51. The topological polar surface area (TPSA) is 29.5 Å². The van der Waals surface area contributed by atoms with Crippen molar-refractivity contribution in [3.05, 3.63) is 29.3 Å². The summed E-state index contributed by atoms with van der Waals surface area (Å²) in [6.45, 7) is 1.77. The molecule has 1 aromatic carbocycles. The van der Waals surface area contributed by atoms with Crippen molar-refractivity contribution in [2.75, 3.05) is 7.05 Å². The summed E-state index contributed by atoms with van der Waals surface area (Å²) in [7, 11) is 1.87. The third-order valence-corrected chi connectivity index (χ3v) is 4.02. The maximum Gasteiger partial charge on any atom is 0.263 e. The lowest BCUT2D eigenvalue weighted by atomic mass is 10.2. The summed E-state index contributed by atoms with van der Waals surface area (Å²) in [4.78, 5) is 14.1. The highest BCUT2D eigenvalue weighted by Gasteiger charge is 2.27. The lowest BCUT2D eigenvalue weighted by Gasteiger charge is -2.27. The number of carbonyl (C=O) groups excluding carboxylic acids is 1. The van der Waals surface area contributed by atoms with E-state index in [0.29, 0.717) is 16.8 Å². The maximum atomic E-state index is 12.3. The van der Waals surface area contributed by atoms with Crippen LogP contribution in [0.15, 0.2) is 24.3 Å². The molecule has 0 bridgehead atoms. The molecule has 19 heavy (non-hydrogen) atoms. The van der Waals surface area contributed by atoms with E-state index in [9.17, 15) is 4.79 Å². The number of para-hydroxylation sites is 1.